The molecule has 0 saturated heterocycles. The van der Waals surface area contributed by atoms with Crippen molar-refractivity contribution in [2.24, 2.45) is 12.9 Å². The van der Waals surface area contributed by atoms with E-state index >= 15 is 0 Å². The number of hydrogen-bond acceptors (Lipinski definition) is 3. The lowest BCUT2D eigenvalue weighted by molar-refractivity contribution is 0.571. The van der Waals surface area contributed by atoms with E-state index in [1.165, 1.54) is 11.1 Å². The molecule has 3 N–H and O–H groups in total. The van der Waals surface area contributed by atoms with Gasteiger partial charge in [-0.15, -0.1) is 0 Å². The maximum atomic E-state index is 5.73. The molecular formula is C13H17BrN4. The maximum absolute atomic E-state index is 5.73. The van der Waals surface area contributed by atoms with Gasteiger partial charge < -0.3 is 0 Å². The summed E-state index contributed by atoms with van der Waals surface area (Å²) in [6, 6.07) is 6.28. The summed E-state index contributed by atoms with van der Waals surface area (Å²) in [7, 11) is 1.91. The number of nitrogens with zero attached hydrogens (tertiary/aromatic N) is 2. The molecule has 2 rings (SSSR count). The number of aromatic nitrogens is 2. The molecule has 0 aliphatic heterocycles. The van der Waals surface area contributed by atoms with Gasteiger partial charge >= 0.3 is 0 Å². The summed E-state index contributed by atoms with van der Waals surface area (Å²) in [5, 5.41) is 4.23. The maximum Gasteiger partial charge on any atom is 0.0892 e. The first-order chi connectivity index (χ1) is 8.54. The fourth-order valence-corrected chi connectivity index (χ4v) is 2.79. The molecule has 0 spiro atoms. The highest BCUT2D eigenvalue weighted by Gasteiger charge is 2.20. The van der Waals surface area contributed by atoms with Crippen LogP contribution in [0.2, 0.25) is 0 Å². The number of hydrogen-bond donors (Lipinski definition) is 2. The van der Waals surface area contributed by atoms with Crippen molar-refractivity contribution < 1.29 is 0 Å². The second-order valence-electron chi connectivity index (χ2n) is 4.46. The summed E-state index contributed by atoms with van der Waals surface area (Å²) < 4.78 is 2.78. The Bertz CT molecular complexity index is 543. The Kier molecular flexibility index (Phi) is 3.85. The average Bonchev–Trinajstić information content (AvgIpc) is 2.64. The molecule has 0 aliphatic rings. The molecule has 0 saturated carbocycles. The smallest absolute Gasteiger partial charge is 0.0892 e. The average molecular weight is 309 g/mol. The molecule has 2 aromatic rings. The van der Waals surface area contributed by atoms with E-state index in [9.17, 15) is 0 Å². The number of hydrazine groups is 1. The highest BCUT2D eigenvalue weighted by molar-refractivity contribution is 9.10. The van der Waals surface area contributed by atoms with Crippen LogP contribution in [0.1, 0.15) is 28.4 Å². The van der Waals surface area contributed by atoms with E-state index < -0.39 is 0 Å². The molecule has 0 amide bonds. The Labute approximate surface area is 115 Å². The first-order valence-electron chi connectivity index (χ1n) is 5.75. The molecule has 1 unspecified atom stereocenters. The number of halogens is 1. The van der Waals surface area contributed by atoms with Crippen molar-refractivity contribution in [2.75, 3.05) is 0 Å². The molecule has 1 heterocycles. The predicted octanol–water partition coefficient (Wildman–Crippen LogP) is 2.35. The zero-order valence-corrected chi connectivity index (χ0v) is 12.3. The van der Waals surface area contributed by atoms with Gasteiger partial charge in [0.25, 0.3) is 0 Å². The number of benzene rings is 1. The van der Waals surface area contributed by atoms with Crippen LogP contribution in [0.15, 0.2) is 28.9 Å². The SMILES string of the molecule is Cc1ccc(C(NN)c2c(Br)cnn2C)c(C)c1. The molecule has 96 valence electrons. The Morgan fingerprint density at radius 1 is 1.39 bits per heavy atom. The molecule has 0 fully saturated rings. The lowest BCUT2D eigenvalue weighted by atomic mass is 9.97. The second-order valence-corrected chi connectivity index (χ2v) is 5.32. The number of nitrogens with two attached hydrogens (primary N) is 1. The largest absolute Gasteiger partial charge is 0.271 e. The summed E-state index contributed by atoms with van der Waals surface area (Å²) in [5.41, 5.74) is 7.51. The van der Waals surface area contributed by atoms with Gasteiger partial charge in [0, 0.05) is 7.05 Å². The number of nitrogens with one attached hydrogen (secondary N) is 1. The third kappa shape index (κ3) is 2.34. The fraction of sp³-hybridized carbons (Fsp3) is 0.308. The van der Waals surface area contributed by atoms with Gasteiger partial charge in [-0.05, 0) is 40.9 Å². The van der Waals surface area contributed by atoms with Crippen molar-refractivity contribution >= 4 is 15.9 Å². The van der Waals surface area contributed by atoms with E-state index in [1.54, 1.807) is 6.20 Å². The lowest BCUT2D eigenvalue weighted by Crippen LogP contribution is -2.31. The predicted molar refractivity (Wildman–Crippen MR) is 76.0 cm³/mol. The van der Waals surface area contributed by atoms with Crippen LogP contribution in [0.25, 0.3) is 0 Å². The summed E-state index contributed by atoms with van der Waals surface area (Å²) in [5.74, 6) is 5.73. The highest BCUT2D eigenvalue weighted by atomic mass is 79.9. The van der Waals surface area contributed by atoms with Gasteiger partial charge in [0.05, 0.1) is 22.4 Å². The quantitative estimate of drug-likeness (QED) is 0.676. The van der Waals surface area contributed by atoms with Crippen molar-refractivity contribution in [3.05, 3.63) is 51.3 Å². The topological polar surface area (TPSA) is 55.9 Å². The zero-order valence-electron chi connectivity index (χ0n) is 10.7. The monoisotopic (exact) mass is 308 g/mol. The van der Waals surface area contributed by atoms with Crippen molar-refractivity contribution in [1.82, 2.24) is 15.2 Å². The van der Waals surface area contributed by atoms with Crippen LogP contribution in [0.5, 0.6) is 0 Å². The molecule has 0 radical (unpaired) electrons. The van der Waals surface area contributed by atoms with E-state index in [0.29, 0.717) is 0 Å². The normalized spacial score (nSPS) is 12.7. The van der Waals surface area contributed by atoms with Crippen LogP contribution >= 0.6 is 15.9 Å². The van der Waals surface area contributed by atoms with Gasteiger partial charge in [-0.1, -0.05) is 23.8 Å². The molecule has 5 heteroatoms. The summed E-state index contributed by atoms with van der Waals surface area (Å²) in [6.45, 7) is 4.18. The zero-order chi connectivity index (χ0) is 13.3. The van der Waals surface area contributed by atoms with E-state index in [0.717, 1.165) is 15.7 Å². The van der Waals surface area contributed by atoms with Gasteiger partial charge in [-0.3, -0.25) is 10.5 Å². The van der Waals surface area contributed by atoms with Crippen molar-refractivity contribution in [2.45, 2.75) is 19.9 Å². The van der Waals surface area contributed by atoms with Crippen LogP contribution in [0.3, 0.4) is 0 Å². The molecule has 18 heavy (non-hydrogen) atoms. The highest BCUT2D eigenvalue weighted by Crippen LogP contribution is 2.29. The summed E-state index contributed by atoms with van der Waals surface area (Å²) in [6.07, 6.45) is 1.78. The Morgan fingerprint density at radius 3 is 2.61 bits per heavy atom. The van der Waals surface area contributed by atoms with Crippen molar-refractivity contribution in [3.63, 3.8) is 0 Å². The first kappa shape index (κ1) is 13.3. The van der Waals surface area contributed by atoms with Crippen LogP contribution in [-0.4, -0.2) is 9.78 Å². The molecular weight excluding hydrogens is 292 g/mol. The summed E-state index contributed by atoms with van der Waals surface area (Å²) in [4.78, 5) is 0. The van der Waals surface area contributed by atoms with E-state index in [2.05, 4.69) is 58.5 Å². The minimum absolute atomic E-state index is 0.0764. The summed E-state index contributed by atoms with van der Waals surface area (Å²) >= 11 is 3.52. The first-order valence-corrected chi connectivity index (χ1v) is 6.54. The van der Waals surface area contributed by atoms with Crippen LogP contribution in [0.4, 0.5) is 0 Å². The third-order valence-electron chi connectivity index (χ3n) is 3.11. The van der Waals surface area contributed by atoms with Crippen LogP contribution < -0.4 is 11.3 Å². The molecule has 1 atom stereocenters. The Hall–Kier alpha value is -1.17. The van der Waals surface area contributed by atoms with Crippen molar-refractivity contribution in [1.29, 1.82) is 0 Å². The van der Waals surface area contributed by atoms with Gasteiger partial charge in [0.2, 0.25) is 0 Å². The minimum Gasteiger partial charge on any atom is -0.271 e. The van der Waals surface area contributed by atoms with Gasteiger partial charge in [-0.2, -0.15) is 5.10 Å². The lowest BCUT2D eigenvalue weighted by Gasteiger charge is -2.20. The number of aryl methyl sites for hydroxylation is 3. The van der Waals surface area contributed by atoms with E-state index in [4.69, 9.17) is 5.84 Å². The van der Waals surface area contributed by atoms with Crippen LogP contribution in [0, 0.1) is 13.8 Å². The Balaban J connectivity index is 2.52. The molecule has 0 aliphatic carbocycles. The van der Waals surface area contributed by atoms with Gasteiger partial charge in [-0.25, -0.2) is 5.43 Å². The number of rotatable bonds is 3. The third-order valence-corrected chi connectivity index (χ3v) is 3.73. The molecule has 0 bridgehead atoms. The molecule has 1 aromatic heterocycles. The van der Waals surface area contributed by atoms with E-state index in [1.807, 2.05) is 11.7 Å². The van der Waals surface area contributed by atoms with Gasteiger partial charge in [0.15, 0.2) is 0 Å². The van der Waals surface area contributed by atoms with Gasteiger partial charge in [0.1, 0.15) is 0 Å². The molecule has 1 aromatic carbocycles. The second kappa shape index (κ2) is 5.22. The molecule has 4 nitrogen and oxygen atoms in total. The standard InChI is InChI=1S/C13H17BrN4/c1-8-4-5-10(9(2)6-8)12(17-15)13-11(14)7-16-18(13)3/h4-7,12,17H,15H2,1-3H3. The van der Waals surface area contributed by atoms with Crippen molar-refractivity contribution in [3.8, 4) is 0 Å². The Morgan fingerprint density at radius 2 is 2.11 bits per heavy atom. The van der Waals surface area contributed by atoms with Crippen LogP contribution in [-0.2, 0) is 7.05 Å². The van der Waals surface area contributed by atoms with E-state index in [-0.39, 0.29) is 6.04 Å². The minimum atomic E-state index is -0.0764. The fourth-order valence-electron chi connectivity index (χ4n) is 2.21.